The molecule has 2 aromatic carbocycles. The van der Waals surface area contributed by atoms with Crippen molar-refractivity contribution >= 4 is 40.3 Å². The summed E-state index contributed by atoms with van der Waals surface area (Å²) in [6.07, 6.45) is 3.68. The van der Waals surface area contributed by atoms with Crippen LogP contribution in [0.15, 0.2) is 58.4 Å². The maximum atomic E-state index is 13.1. The van der Waals surface area contributed by atoms with E-state index in [1.54, 1.807) is 23.1 Å². The number of hydrogen-bond donors (Lipinski definition) is 0. The summed E-state index contributed by atoms with van der Waals surface area (Å²) in [5.41, 5.74) is 2.63. The van der Waals surface area contributed by atoms with Gasteiger partial charge < -0.3 is 4.74 Å². The van der Waals surface area contributed by atoms with Gasteiger partial charge >= 0.3 is 0 Å². The number of hydrogen-bond acceptors (Lipinski definition) is 6. The molecule has 8 heteroatoms. The van der Waals surface area contributed by atoms with Crippen molar-refractivity contribution in [3.8, 4) is 0 Å². The number of aryl methyl sites for hydroxylation is 1. The monoisotopic (exact) mass is 423 g/mol. The Kier molecular flexibility index (Phi) is 5.96. The van der Waals surface area contributed by atoms with Crippen LogP contribution in [0.2, 0.25) is 0 Å². The minimum atomic E-state index is -0.442. The van der Waals surface area contributed by atoms with Crippen molar-refractivity contribution in [1.82, 2.24) is 4.90 Å². The van der Waals surface area contributed by atoms with Gasteiger partial charge in [-0.3, -0.25) is 19.8 Å². The van der Waals surface area contributed by atoms with Gasteiger partial charge in [0.15, 0.2) is 5.17 Å². The summed E-state index contributed by atoms with van der Waals surface area (Å²) in [7, 11) is 0. The van der Waals surface area contributed by atoms with E-state index in [2.05, 4.69) is 0 Å². The molecule has 0 aliphatic carbocycles. The molecule has 2 fully saturated rings. The quantitative estimate of drug-likeness (QED) is 0.396. The number of nitro groups is 1. The number of carbonyl (C=O) groups is 1. The number of thioether (sulfide) groups is 1. The van der Waals surface area contributed by atoms with Gasteiger partial charge in [0, 0.05) is 18.7 Å². The van der Waals surface area contributed by atoms with Crippen LogP contribution in [-0.2, 0) is 9.53 Å². The highest BCUT2D eigenvalue weighted by molar-refractivity contribution is 8.18. The minimum Gasteiger partial charge on any atom is -0.376 e. The number of carbonyl (C=O) groups excluding carboxylic acids is 1. The van der Waals surface area contributed by atoms with Crippen molar-refractivity contribution < 1.29 is 14.5 Å². The number of nitro benzene ring substituents is 1. The maximum Gasteiger partial charge on any atom is 0.269 e. The first-order chi connectivity index (χ1) is 14.5. The van der Waals surface area contributed by atoms with Crippen molar-refractivity contribution in [2.75, 3.05) is 13.2 Å². The van der Waals surface area contributed by atoms with E-state index < -0.39 is 4.92 Å². The highest BCUT2D eigenvalue weighted by atomic mass is 32.2. The highest BCUT2D eigenvalue weighted by Crippen LogP contribution is 2.35. The fourth-order valence-corrected chi connectivity index (χ4v) is 4.40. The SMILES string of the molecule is Cc1cccc(N=C2S/C(=C\c3ccc([N+](=O)[O-])cc3)C(=O)N2C[C@@H]2CCCO2)c1. The van der Waals surface area contributed by atoms with E-state index in [1.807, 2.05) is 31.2 Å². The van der Waals surface area contributed by atoms with Crippen LogP contribution >= 0.6 is 11.8 Å². The molecule has 30 heavy (non-hydrogen) atoms. The van der Waals surface area contributed by atoms with E-state index in [0.29, 0.717) is 16.6 Å². The van der Waals surface area contributed by atoms with Gasteiger partial charge in [0.1, 0.15) is 0 Å². The summed E-state index contributed by atoms with van der Waals surface area (Å²) in [6.45, 7) is 3.18. The Morgan fingerprint density at radius 2 is 2.10 bits per heavy atom. The molecule has 0 aromatic heterocycles. The molecule has 2 heterocycles. The number of aliphatic imine (C=N–C) groups is 1. The summed E-state index contributed by atoms with van der Waals surface area (Å²) >= 11 is 1.31. The van der Waals surface area contributed by atoms with Gasteiger partial charge in [0.25, 0.3) is 11.6 Å². The first-order valence-electron chi connectivity index (χ1n) is 9.72. The summed E-state index contributed by atoms with van der Waals surface area (Å²) in [5.74, 6) is -0.125. The molecular formula is C22H21N3O4S. The van der Waals surface area contributed by atoms with Crippen LogP contribution in [0.4, 0.5) is 11.4 Å². The number of amides is 1. The fraction of sp³-hybridized carbons (Fsp3) is 0.273. The molecule has 0 spiro atoms. The molecule has 2 aliphatic rings. The van der Waals surface area contributed by atoms with E-state index >= 15 is 0 Å². The first kappa shape index (κ1) is 20.3. The lowest BCUT2D eigenvalue weighted by molar-refractivity contribution is -0.384. The Balaban J connectivity index is 1.64. The van der Waals surface area contributed by atoms with Crippen LogP contribution in [0.5, 0.6) is 0 Å². The van der Waals surface area contributed by atoms with Crippen molar-refractivity contribution in [2.45, 2.75) is 25.9 Å². The molecule has 4 rings (SSSR count). The molecular weight excluding hydrogens is 402 g/mol. The average Bonchev–Trinajstić information content (AvgIpc) is 3.33. The maximum absolute atomic E-state index is 13.1. The minimum absolute atomic E-state index is 0.0102. The number of nitrogens with zero attached hydrogens (tertiary/aromatic N) is 3. The number of amidine groups is 1. The van der Waals surface area contributed by atoms with E-state index in [1.165, 1.54) is 23.9 Å². The second kappa shape index (κ2) is 8.81. The lowest BCUT2D eigenvalue weighted by Crippen LogP contribution is -2.36. The number of rotatable bonds is 5. The number of non-ortho nitro benzene ring substituents is 1. The summed E-state index contributed by atoms with van der Waals surface area (Å²) in [4.78, 5) is 30.5. The standard InChI is InChI=1S/C22H21N3O4S/c1-15-4-2-5-17(12-15)23-22-24(14-19-6-3-11-29-19)21(26)20(30-22)13-16-7-9-18(10-8-16)25(27)28/h2,4-5,7-10,12-13,19H,3,6,11,14H2,1H3/b20-13-,23-22?/t19-/m0/s1. The topological polar surface area (TPSA) is 85.0 Å². The molecule has 2 aromatic rings. The fourth-order valence-electron chi connectivity index (χ4n) is 3.40. The summed E-state index contributed by atoms with van der Waals surface area (Å²) in [6, 6.07) is 14.0. The molecule has 1 amide bonds. The van der Waals surface area contributed by atoms with Crippen molar-refractivity contribution in [2.24, 2.45) is 4.99 Å². The van der Waals surface area contributed by atoms with Crippen molar-refractivity contribution in [1.29, 1.82) is 0 Å². The molecule has 0 bridgehead atoms. The van der Waals surface area contributed by atoms with E-state index in [-0.39, 0.29) is 17.7 Å². The molecule has 2 aliphatic heterocycles. The highest BCUT2D eigenvalue weighted by Gasteiger charge is 2.35. The van der Waals surface area contributed by atoms with Crippen LogP contribution in [0.3, 0.4) is 0 Å². The normalized spacial score (nSPS) is 21.7. The Morgan fingerprint density at radius 1 is 1.30 bits per heavy atom. The lowest BCUT2D eigenvalue weighted by Gasteiger charge is -2.19. The number of ether oxygens (including phenoxy) is 1. The van der Waals surface area contributed by atoms with Crippen LogP contribution in [0.25, 0.3) is 6.08 Å². The van der Waals surface area contributed by atoms with Gasteiger partial charge in [-0.25, -0.2) is 4.99 Å². The van der Waals surface area contributed by atoms with E-state index in [0.717, 1.165) is 36.3 Å². The van der Waals surface area contributed by atoms with Crippen LogP contribution in [0, 0.1) is 17.0 Å². The molecule has 7 nitrogen and oxygen atoms in total. The van der Waals surface area contributed by atoms with E-state index in [9.17, 15) is 14.9 Å². The smallest absolute Gasteiger partial charge is 0.269 e. The summed E-state index contributed by atoms with van der Waals surface area (Å²) in [5, 5.41) is 11.5. The van der Waals surface area contributed by atoms with Gasteiger partial charge in [-0.1, -0.05) is 12.1 Å². The molecule has 2 saturated heterocycles. The summed E-state index contributed by atoms with van der Waals surface area (Å²) < 4.78 is 5.73. The van der Waals surface area contributed by atoms with Crippen LogP contribution < -0.4 is 0 Å². The van der Waals surface area contributed by atoms with Gasteiger partial charge in [-0.2, -0.15) is 0 Å². The average molecular weight is 423 g/mol. The lowest BCUT2D eigenvalue weighted by atomic mass is 10.2. The largest absolute Gasteiger partial charge is 0.376 e. The van der Waals surface area contributed by atoms with E-state index in [4.69, 9.17) is 9.73 Å². The molecule has 1 atom stereocenters. The Labute approximate surface area is 178 Å². The first-order valence-corrected chi connectivity index (χ1v) is 10.5. The third-order valence-electron chi connectivity index (χ3n) is 4.93. The molecule has 0 N–H and O–H groups in total. The second-order valence-corrected chi connectivity index (χ2v) is 8.25. The zero-order valence-electron chi connectivity index (χ0n) is 16.5. The molecule has 154 valence electrons. The van der Waals surface area contributed by atoms with Gasteiger partial charge in [0.05, 0.1) is 28.2 Å². The van der Waals surface area contributed by atoms with Gasteiger partial charge in [-0.15, -0.1) is 0 Å². The molecule has 0 unspecified atom stereocenters. The van der Waals surface area contributed by atoms with Crippen LogP contribution in [0.1, 0.15) is 24.0 Å². The molecule has 0 saturated carbocycles. The van der Waals surface area contributed by atoms with Crippen molar-refractivity contribution in [3.05, 3.63) is 74.7 Å². The predicted octanol–water partition coefficient (Wildman–Crippen LogP) is 4.69. The zero-order valence-corrected chi connectivity index (χ0v) is 17.3. The second-order valence-electron chi connectivity index (χ2n) is 7.24. The molecule has 0 radical (unpaired) electrons. The Hall–Kier alpha value is -2.97. The van der Waals surface area contributed by atoms with Gasteiger partial charge in [-0.05, 0) is 73.0 Å². The van der Waals surface area contributed by atoms with Crippen molar-refractivity contribution in [3.63, 3.8) is 0 Å². The van der Waals surface area contributed by atoms with Crippen LogP contribution in [-0.4, -0.2) is 40.2 Å². The zero-order chi connectivity index (χ0) is 21.1. The predicted molar refractivity (Wildman–Crippen MR) is 118 cm³/mol. The van der Waals surface area contributed by atoms with Gasteiger partial charge in [0.2, 0.25) is 0 Å². The third-order valence-corrected chi connectivity index (χ3v) is 5.93. The Morgan fingerprint density at radius 3 is 2.77 bits per heavy atom. The Bertz CT molecular complexity index is 1030. The third kappa shape index (κ3) is 4.60. The number of benzene rings is 2.